The van der Waals surface area contributed by atoms with E-state index in [1.165, 1.54) is 17.4 Å². The third-order valence-electron chi connectivity index (χ3n) is 3.98. The van der Waals surface area contributed by atoms with Gasteiger partial charge in [0, 0.05) is 26.5 Å². The molecule has 0 aliphatic rings. The third-order valence-corrected chi connectivity index (χ3v) is 5.75. The number of esters is 1. The van der Waals surface area contributed by atoms with E-state index in [4.69, 9.17) is 16.3 Å². The molecule has 0 unspecified atom stereocenters. The molecule has 1 N–H and O–H groups in total. The normalized spacial score (nSPS) is 10.9. The maximum atomic E-state index is 12.6. The van der Waals surface area contributed by atoms with Crippen LogP contribution in [0.2, 0.25) is 5.02 Å². The molecular weight excluding hydrogens is 474 g/mol. The number of halogens is 2. The molecule has 4 nitrogen and oxygen atoms in total. The van der Waals surface area contributed by atoms with Crippen LogP contribution in [-0.4, -0.2) is 18.5 Å². The molecule has 0 radical (unpaired) electrons. The van der Waals surface area contributed by atoms with Crippen molar-refractivity contribution >= 4 is 61.8 Å². The van der Waals surface area contributed by atoms with Crippen LogP contribution in [0.4, 0.5) is 5.00 Å². The molecule has 0 bridgehead atoms. The molecule has 0 fully saturated rings. The van der Waals surface area contributed by atoms with Crippen molar-refractivity contribution in [2.24, 2.45) is 0 Å². The number of benzene rings is 2. The van der Waals surface area contributed by atoms with Gasteiger partial charge < -0.3 is 10.1 Å². The van der Waals surface area contributed by atoms with E-state index in [-0.39, 0.29) is 12.5 Å². The minimum atomic E-state index is -0.475. The molecule has 0 saturated heterocycles. The standard InChI is InChI=1S/C22H17BrClNO3S/c1-2-28-22(27)20-17(14-7-10-16(23)11-8-14)13-29-21(20)25-19(26)12-9-15-5-3-4-6-18(15)24/h3-13H,2H2,1H3,(H,25,26)/b12-9+. The maximum Gasteiger partial charge on any atom is 0.341 e. The van der Waals surface area contributed by atoms with E-state index in [1.807, 2.05) is 47.8 Å². The Balaban J connectivity index is 1.88. The fraction of sp³-hybridized carbons (Fsp3) is 0.0909. The number of nitrogens with one attached hydrogen (secondary N) is 1. The summed E-state index contributed by atoms with van der Waals surface area (Å²) >= 11 is 10.8. The monoisotopic (exact) mass is 489 g/mol. The van der Waals surface area contributed by atoms with Gasteiger partial charge in [-0.1, -0.05) is 57.9 Å². The van der Waals surface area contributed by atoms with Crippen LogP contribution in [0, 0.1) is 0 Å². The first kappa shape index (κ1) is 21.3. The molecule has 3 aromatic rings. The van der Waals surface area contributed by atoms with Gasteiger partial charge in [0.2, 0.25) is 5.91 Å². The fourth-order valence-electron chi connectivity index (χ4n) is 2.63. The Labute approximate surface area is 186 Å². The van der Waals surface area contributed by atoms with Crippen molar-refractivity contribution in [1.82, 2.24) is 0 Å². The van der Waals surface area contributed by atoms with Gasteiger partial charge in [0.15, 0.2) is 0 Å². The second-order valence-electron chi connectivity index (χ2n) is 5.92. The van der Waals surface area contributed by atoms with E-state index in [1.54, 1.807) is 19.1 Å². The average molecular weight is 491 g/mol. The summed E-state index contributed by atoms with van der Waals surface area (Å²) in [6.07, 6.45) is 3.01. The van der Waals surface area contributed by atoms with E-state index in [9.17, 15) is 9.59 Å². The van der Waals surface area contributed by atoms with Crippen LogP contribution in [0.5, 0.6) is 0 Å². The molecule has 0 spiro atoms. The molecule has 2 aromatic carbocycles. The highest BCUT2D eigenvalue weighted by Crippen LogP contribution is 2.36. The Morgan fingerprint density at radius 3 is 2.59 bits per heavy atom. The van der Waals surface area contributed by atoms with Gasteiger partial charge in [-0.3, -0.25) is 4.79 Å². The van der Waals surface area contributed by atoms with Crippen molar-refractivity contribution < 1.29 is 14.3 Å². The SMILES string of the molecule is CCOC(=O)c1c(-c2ccc(Br)cc2)csc1NC(=O)/C=C/c1ccccc1Cl. The van der Waals surface area contributed by atoms with Gasteiger partial charge in [-0.25, -0.2) is 4.79 Å². The van der Waals surface area contributed by atoms with Crippen LogP contribution in [-0.2, 0) is 9.53 Å². The third kappa shape index (κ3) is 5.35. The topological polar surface area (TPSA) is 55.4 Å². The first-order valence-electron chi connectivity index (χ1n) is 8.77. The molecule has 1 aromatic heterocycles. The molecule has 1 amide bonds. The van der Waals surface area contributed by atoms with E-state index < -0.39 is 5.97 Å². The molecule has 3 rings (SSSR count). The molecule has 0 saturated carbocycles. The Kier molecular flexibility index (Phi) is 7.25. The second-order valence-corrected chi connectivity index (χ2v) is 8.13. The van der Waals surface area contributed by atoms with Crippen LogP contribution in [0.15, 0.2) is 64.5 Å². The van der Waals surface area contributed by atoms with E-state index in [2.05, 4.69) is 21.2 Å². The first-order valence-corrected chi connectivity index (χ1v) is 10.8. The molecular formula is C22H17BrClNO3S. The highest BCUT2D eigenvalue weighted by molar-refractivity contribution is 9.10. The lowest BCUT2D eigenvalue weighted by molar-refractivity contribution is -0.111. The van der Waals surface area contributed by atoms with Crippen molar-refractivity contribution in [2.45, 2.75) is 6.92 Å². The van der Waals surface area contributed by atoms with Crippen molar-refractivity contribution in [1.29, 1.82) is 0 Å². The second kappa shape index (κ2) is 9.87. The van der Waals surface area contributed by atoms with E-state index in [0.717, 1.165) is 15.6 Å². The predicted octanol–water partition coefficient (Wildman–Crippen LogP) is 6.66. The lowest BCUT2D eigenvalue weighted by atomic mass is 10.0. The summed E-state index contributed by atoms with van der Waals surface area (Å²) in [4.78, 5) is 25.0. The number of thiophene rings is 1. The smallest absolute Gasteiger partial charge is 0.341 e. The number of hydrogen-bond donors (Lipinski definition) is 1. The number of rotatable bonds is 6. The average Bonchev–Trinajstić information content (AvgIpc) is 3.11. The van der Waals surface area contributed by atoms with Crippen molar-refractivity contribution in [3.63, 3.8) is 0 Å². The summed E-state index contributed by atoms with van der Waals surface area (Å²) in [5.41, 5.74) is 2.65. The number of carbonyl (C=O) groups is 2. The zero-order valence-electron chi connectivity index (χ0n) is 15.4. The molecule has 0 aliphatic carbocycles. The van der Waals surface area contributed by atoms with Gasteiger partial charge in [0.05, 0.1) is 6.61 Å². The minimum absolute atomic E-state index is 0.244. The highest BCUT2D eigenvalue weighted by atomic mass is 79.9. The van der Waals surface area contributed by atoms with E-state index in [0.29, 0.717) is 21.2 Å². The Hall–Kier alpha value is -2.41. The Bertz CT molecular complexity index is 1060. The summed E-state index contributed by atoms with van der Waals surface area (Å²) in [5.74, 6) is -0.836. The van der Waals surface area contributed by atoms with Gasteiger partial charge >= 0.3 is 5.97 Å². The van der Waals surface area contributed by atoms with Crippen LogP contribution >= 0.6 is 38.9 Å². The first-order chi connectivity index (χ1) is 14.0. The van der Waals surface area contributed by atoms with Crippen LogP contribution in [0.3, 0.4) is 0 Å². The van der Waals surface area contributed by atoms with Crippen molar-refractivity contribution in [3.8, 4) is 11.1 Å². The lowest BCUT2D eigenvalue weighted by Gasteiger charge is -2.08. The number of hydrogen-bond acceptors (Lipinski definition) is 4. The Morgan fingerprint density at radius 1 is 1.17 bits per heavy atom. The van der Waals surface area contributed by atoms with Crippen LogP contribution in [0.1, 0.15) is 22.8 Å². The van der Waals surface area contributed by atoms with Crippen molar-refractivity contribution in [2.75, 3.05) is 11.9 Å². The zero-order valence-corrected chi connectivity index (χ0v) is 18.6. The number of carbonyl (C=O) groups excluding carboxylic acids is 2. The van der Waals surface area contributed by atoms with Crippen LogP contribution in [0.25, 0.3) is 17.2 Å². The number of amides is 1. The molecule has 29 heavy (non-hydrogen) atoms. The van der Waals surface area contributed by atoms with Gasteiger partial charge in [-0.15, -0.1) is 11.3 Å². The summed E-state index contributed by atoms with van der Waals surface area (Å²) < 4.78 is 6.15. The van der Waals surface area contributed by atoms with Gasteiger partial charge in [0.25, 0.3) is 0 Å². The van der Waals surface area contributed by atoms with E-state index >= 15 is 0 Å². The largest absolute Gasteiger partial charge is 0.462 e. The number of ether oxygens (including phenoxy) is 1. The number of anilines is 1. The van der Waals surface area contributed by atoms with Gasteiger partial charge in [-0.2, -0.15) is 0 Å². The summed E-state index contributed by atoms with van der Waals surface area (Å²) in [5, 5.41) is 5.61. The van der Waals surface area contributed by atoms with Gasteiger partial charge in [-0.05, 0) is 42.3 Å². The summed E-state index contributed by atoms with van der Waals surface area (Å²) in [7, 11) is 0. The predicted molar refractivity (Wildman–Crippen MR) is 123 cm³/mol. The quantitative estimate of drug-likeness (QED) is 0.310. The lowest BCUT2D eigenvalue weighted by Crippen LogP contribution is -2.12. The molecule has 148 valence electrons. The highest BCUT2D eigenvalue weighted by Gasteiger charge is 2.22. The molecule has 0 atom stereocenters. The fourth-order valence-corrected chi connectivity index (χ4v) is 4.05. The maximum absolute atomic E-state index is 12.6. The van der Waals surface area contributed by atoms with Gasteiger partial charge in [0.1, 0.15) is 10.6 Å². The molecule has 1 heterocycles. The Morgan fingerprint density at radius 2 is 1.90 bits per heavy atom. The molecule has 7 heteroatoms. The minimum Gasteiger partial charge on any atom is -0.462 e. The molecule has 0 aliphatic heterocycles. The summed E-state index contributed by atoms with van der Waals surface area (Å²) in [6.45, 7) is 1.99. The van der Waals surface area contributed by atoms with Crippen LogP contribution < -0.4 is 5.32 Å². The zero-order chi connectivity index (χ0) is 20.8. The van der Waals surface area contributed by atoms with Crippen molar-refractivity contribution in [3.05, 3.63) is 80.6 Å². The summed E-state index contributed by atoms with van der Waals surface area (Å²) in [6, 6.07) is 14.8.